The van der Waals surface area contributed by atoms with Crippen LogP contribution in [0.25, 0.3) is 0 Å². The van der Waals surface area contributed by atoms with Crippen molar-refractivity contribution < 1.29 is 24.0 Å². The van der Waals surface area contributed by atoms with Crippen LogP contribution in [0.2, 0.25) is 0 Å². The average molecular weight is 516 g/mol. The number of fused-ring (bicyclic) bond motifs is 3. The van der Waals surface area contributed by atoms with E-state index in [1.54, 1.807) is 27.7 Å². The van der Waals surface area contributed by atoms with E-state index in [9.17, 15) is 24.0 Å². The molecular formula is C22H37N5O5S2. The summed E-state index contributed by atoms with van der Waals surface area (Å²) in [6, 6.07) is -4.41. The highest BCUT2D eigenvalue weighted by Gasteiger charge is 2.37. The molecule has 192 valence electrons. The Kier molecular flexibility index (Phi) is 10.5. The molecular weight excluding hydrogens is 478 g/mol. The van der Waals surface area contributed by atoms with Gasteiger partial charge in [0.1, 0.15) is 30.2 Å². The topological polar surface area (TPSA) is 146 Å². The van der Waals surface area contributed by atoms with Gasteiger partial charge in [0.25, 0.3) is 0 Å². The van der Waals surface area contributed by atoms with E-state index in [1.807, 2.05) is 13.8 Å². The van der Waals surface area contributed by atoms with Crippen molar-refractivity contribution in [1.82, 2.24) is 26.6 Å². The van der Waals surface area contributed by atoms with Crippen LogP contribution >= 0.6 is 21.6 Å². The number of rotatable bonds is 4. The Labute approximate surface area is 209 Å². The summed E-state index contributed by atoms with van der Waals surface area (Å²) in [5.41, 5.74) is 0. The maximum Gasteiger partial charge on any atom is 0.244 e. The molecule has 0 radical (unpaired) electrons. The van der Waals surface area contributed by atoms with E-state index >= 15 is 0 Å². The van der Waals surface area contributed by atoms with Gasteiger partial charge < -0.3 is 26.6 Å². The van der Waals surface area contributed by atoms with Crippen LogP contribution in [-0.2, 0) is 24.0 Å². The van der Waals surface area contributed by atoms with E-state index in [2.05, 4.69) is 26.6 Å². The summed E-state index contributed by atoms with van der Waals surface area (Å²) < 4.78 is 0. The molecule has 0 unspecified atom stereocenters. The van der Waals surface area contributed by atoms with Crippen LogP contribution in [-0.4, -0.2) is 71.3 Å². The summed E-state index contributed by atoms with van der Waals surface area (Å²) in [5.74, 6) is -2.50. The van der Waals surface area contributed by atoms with Crippen LogP contribution in [0.1, 0.15) is 48.0 Å². The normalized spacial score (nSPS) is 30.7. The fourth-order valence-electron chi connectivity index (χ4n) is 3.64. The first-order valence-electron chi connectivity index (χ1n) is 11.7. The van der Waals surface area contributed by atoms with Crippen LogP contribution in [0.3, 0.4) is 0 Å². The highest BCUT2D eigenvalue weighted by Crippen LogP contribution is 2.25. The van der Waals surface area contributed by atoms with E-state index in [4.69, 9.17) is 0 Å². The summed E-state index contributed by atoms with van der Waals surface area (Å²) >= 11 is 0. The highest BCUT2D eigenvalue weighted by molar-refractivity contribution is 8.76. The van der Waals surface area contributed by atoms with Gasteiger partial charge in [0.05, 0.1) is 0 Å². The molecule has 0 saturated carbocycles. The van der Waals surface area contributed by atoms with Crippen molar-refractivity contribution in [2.24, 2.45) is 17.8 Å². The Morgan fingerprint density at radius 2 is 0.971 bits per heavy atom. The molecule has 5 amide bonds. The standard InChI is InChI=1S/C22H37N5O5S2/c1-7-12(6)17-22(32)26-15(10(2)3)20(30)24-13-8-33-34-9-14(23-18(13)28)19(29)25-16(11(4)5)21(31)27-17/h10-17H,7-9H2,1-6H3,(H,23,28)(H,24,30)(H,25,29)(H,26,32)(H,27,31)/t12-,13-,14-,15+,16+,17-/m1/s1. The first-order valence-corrected chi connectivity index (χ1v) is 14.2. The van der Waals surface area contributed by atoms with Crippen LogP contribution in [0.4, 0.5) is 0 Å². The van der Waals surface area contributed by atoms with Gasteiger partial charge in [0.15, 0.2) is 0 Å². The summed E-state index contributed by atoms with van der Waals surface area (Å²) in [6.45, 7) is 10.9. The summed E-state index contributed by atoms with van der Waals surface area (Å²) in [6.07, 6.45) is 0.618. The van der Waals surface area contributed by atoms with Gasteiger partial charge in [-0.15, -0.1) is 0 Å². The maximum absolute atomic E-state index is 13.3. The Bertz CT molecular complexity index is 788. The van der Waals surface area contributed by atoms with Crippen molar-refractivity contribution in [3.63, 3.8) is 0 Å². The van der Waals surface area contributed by atoms with Crippen molar-refractivity contribution in [3.8, 4) is 0 Å². The molecule has 2 saturated heterocycles. The lowest BCUT2D eigenvalue weighted by Gasteiger charge is -2.30. The number of nitrogens with one attached hydrogen (secondary N) is 5. The molecule has 0 aromatic rings. The number of hydrogen-bond donors (Lipinski definition) is 5. The summed E-state index contributed by atoms with van der Waals surface area (Å²) in [5, 5.41) is 13.8. The molecule has 0 aliphatic carbocycles. The van der Waals surface area contributed by atoms with Crippen molar-refractivity contribution in [2.45, 2.75) is 78.2 Å². The second kappa shape index (κ2) is 12.7. The lowest BCUT2D eigenvalue weighted by molar-refractivity contribution is -0.135. The number of amides is 5. The van der Waals surface area contributed by atoms with E-state index in [0.29, 0.717) is 17.9 Å². The zero-order valence-electron chi connectivity index (χ0n) is 20.6. The molecule has 0 spiro atoms. The molecule has 0 aromatic heterocycles. The fraction of sp³-hybridized carbons (Fsp3) is 0.773. The predicted octanol–water partition coefficient (Wildman–Crippen LogP) is 0.177. The third-order valence-corrected chi connectivity index (χ3v) is 8.53. The molecule has 2 fully saturated rings. The molecule has 2 aliphatic heterocycles. The molecule has 5 N–H and O–H groups in total. The predicted molar refractivity (Wildman–Crippen MR) is 134 cm³/mol. The molecule has 2 bridgehead atoms. The zero-order valence-corrected chi connectivity index (χ0v) is 22.2. The molecule has 0 aromatic carbocycles. The fourth-order valence-corrected chi connectivity index (χ4v) is 5.97. The van der Waals surface area contributed by atoms with Gasteiger partial charge >= 0.3 is 0 Å². The monoisotopic (exact) mass is 515 g/mol. The van der Waals surface area contributed by atoms with Gasteiger partial charge in [-0.3, -0.25) is 24.0 Å². The van der Waals surface area contributed by atoms with Gasteiger partial charge in [-0.1, -0.05) is 69.6 Å². The Hall–Kier alpha value is -1.95. The molecule has 6 atom stereocenters. The SMILES string of the molecule is CC[C@@H](C)[C@H]1NC(=O)[C@H](C(C)C)NC(=O)[C@H]2CSSC[C@@H](NC(=O)[C@H](C(C)C)NC1=O)C(=O)N2. The third-order valence-electron chi connectivity index (χ3n) is 6.11. The smallest absolute Gasteiger partial charge is 0.244 e. The minimum absolute atomic E-state index is 0.211. The van der Waals surface area contributed by atoms with Gasteiger partial charge in [-0.05, 0) is 17.8 Å². The maximum atomic E-state index is 13.3. The van der Waals surface area contributed by atoms with Gasteiger partial charge in [0.2, 0.25) is 29.5 Å². The summed E-state index contributed by atoms with van der Waals surface area (Å²) in [4.78, 5) is 65.5. The number of hydrogen-bond acceptors (Lipinski definition) is 7. The van der Waals surface area contributed by atoms with Crippen molar-refractivity contribution >= 4 is 51.1 Å². The van der Waals surface area contributed by atoms with Gasteiger partial charge in [0, 0.05) is 11.5 Å². The highest BCUT2D eigenvalue weighted by atomic mass is 33.1. The van der Waals surface area contributed by atoms with Crippen LogP contribution < -0.4 is 26.6 Å². The second-order valence-electron chi connectivity index (χ2n) is 9.52. The van der Waals surface area contributed by atoms with Crippen molar-refractivity contribution in [2.75, 3.05) is 11.5 Å². The Balaban J connectivity index is 2.49. The van der Waals surface area contributed by atoms with E-state index < -0.39 is 59.7 Å². The summed E-state index contributed by atoms with van der Waals surface area (Å²) in [7, 11) is 2.79. The van der Waals surface area contributed by atoms with Crippen LogP contribution in [0.15, 0.2) is 0 Å². The molecule has 2 aliphatic rings. The number of carbonyl (C=O) groups excluding carboxylic acids is 5. The van der Waals surface area contributed by atoms with Gasteiger partial charge in [-0.2, -0.15) is 0 Å². The van der Waals surface area contributed by atoms with Gasteiger partial charge in [-0.25, -0.2) is 0 Å². The lowest BCUT2D eigenvalue weighted by Crippen LogP contribution is -2.60. The molecule has 34 heavy (non-hydrogen) atoms. The zero-order chi connectivity index (χ0) is 25.6. The minimum atomic E-state index is -0.895. The Morgan fingerprint density at radius 3 is 1.44 bits per heavy atom. The van der Waals surface area contributed by atoms with E-state index in [0.717, 1.165) is 0 Å². The second-order valence-corrected chi connectivity index (χ2v) is 12.1. The van der Waals surface area contributed by atoms with Crippen molar-refractivity contribution in [1.29, 1.82) is 0 Å². The van der Waals surface area contributed by atoms with E-state index in [-0.39, 0.29) is 17.8 Å². The first-order chi connectivity index (χ1) is 16.0. The van der Waals surface area contributed by atoms with Crippen molar-refractivity contribution in [3.05, 3.63) is 0 Å². The molecule has 2 rings (SSSR count). The van der Waals surface area contributed by atoms with Crippen LogP contribution in [0.5, 0.6) is 0 Å². The molecule has 12 heteroatoms. The Morgan fingerprint density at radius 1 is 0.618 bits per heavy atom. The average Bonchev–Trinajstić information content (AvgIpc) is 2.76. The first kappa shape index (κ1) is 28.3. The minimum Gasteiger partial charge on any atom is -0.342 e. The number of carbonyl (C=O) groups is 5. The third kappa shape index (κ3) is 7.27. The quantitative estimate of drug-likeness (QED) is 0.336. The molecule has 2 heterocycles. The van der Waals surface area contributed by atoms with Crippen LogP contribution in [0, 0.1) is 17.8 Å². The largest absolute Gasteiger partial charge is 0.342 e. The lowest BCUT2D eigenvalue weighted by atomic mass is 9.95. The van der Waals surface area contributed by atoms with E-state index in [1.165, 1.54) is 21.6 Å². The molecule has 10 nitrogen and oxygen atoms in total.